The first-order valence-electron chi connectivity index (χ1n) is 6.98. The van der Waals surface area contributed by atoms with Crippen molar-refractivity contribution in [2.75, 3.05) is 10.6 Å². The smallest absolute Gasteiger partial charge is 0.326 e. The van der Waals surface area contributed by atoms with Crippen LogP contribution in [0.4, 0.5) is 37.7 Å². The molecule has 0 aliphatic heterocycles. The second kappa shape index (κ2) is 7.46. The Morgan fingerprint density at radius 3 is 1.96 bits per heavy atom. The fourth-order valence-electron chi connectivity index (χ4n) is 1.91. The summed E-state index contributed by atoms with van der Waals surface area (Å²) >= 11 is 0. The van der Waals surface area contributed by atoms with Crippen LogP contribution in [0.1, 0.15) is 12.0 Å². The van der Waals surface area contributed by atoms with Crippen molar-refractivity contribution in [2.45, 2.75) is 12.6 Å². The zero-order chi connectivity index (χ0) is 19.5. The van der Waals surface area contributed by atoms with Crippen LogP contribution in [0.25, 0.3) is 0 Å². The summed E-state index contributed by atoms with van der Waals surface area (Å²) in [6.07, 6.45) is -5.35. The molecular formula is C16H10F6N2O2. The molecule has 0 atom stereocenters. The van der Waals surface area contributed by atoms with Crippen LogP contribution in [-0.4, -0.2) is 11.8 Å². The zero-order valence-electron chi connectivity index (χ0n) is 12.8. The van der Waals surface area contributed by atoms with Gasteiger partial charge < -0.3 is 10.6 Å². The molecule has 0 aliphatic rings. The molecule has 0 saturated carbocycles. The summed E-state index contributed by atoms with van der Waals surface area (Å²) in [5.74, 6) is -6.77. The average molecular weight is 376 g/mol. The molecule has 10 heteroatoms. The first kappa shape index (κ1) is 19.3. The minimum Gasteiger partial charge on any atom is -0.326 e. The van der Waals surface area contributed by atoms with Gasteiger partial charge in [0.05, 0.1) is 11.3 Å². The van der Waals surface area contributed by atoms with Gasteiger partial charge in [-0.2, -0.15) is 13.2 Å². The van der Waals surface area contributed by atoms with Gasteiger partial charge in [0.15, 0.2) is 17.5 Å². The third-order valence-corrected chi connectivity index (χ3v) is 3.13. The molecule has 2 rings (SSSR count). The van der Waals surface area contributed by atoms with Gasteiger partial charge in [0.25, 0.3) is 0 Å². The molecule has 4 nitrogen and oxygen atoms in total. The second-order valence-electron chi connectivity index (χ2n) is 5.07. The van der Waals surface area contributed by atoms with E-state index in [0.717, 1.165) is 30.3 Å². The zero-order valence-corrected chi connectivity index (χ0v) is 12.8. The summed E-state index contributed by atoms with van der Waals surface area (Å²) in [4.78, 5) is 23.3. The molecular weight excluding hydrogens is 366 g/mol. The van der Waals surface area contributed by atoms with Crippen molar-refractivity contribution in [3.05, 3.63) is 59.4 Å². The van der Waals surface area contributed by atoms with E-state index in [0.29, 0.717) is 6.07 Å². The molecule has 0 unspecified atom stereocenters. The lowest BCUT2D eigenvalue weighted by Crippen LogP contribution is -2.22. The van der Waals surface area contributed by atoms with Gasteiger partial charge in [0.1, 0.15) is 6.42 Å². The number of halogens is 6. The van der Waals surface area contributed by atoms with Crippen LogP contribution in [0.3, 0.4) is 0 Å². The summed E-state index contributed by atoms with van der Waals surface area (Å²) in [5, 5.41) is 4.07. The third-order valence-electron chi connectivity index (χ3n) is 3.13. The first-order chi connectivity index (χ1) is 12.1. The Morgan fingerprint density at radius 1 is 0.808 bits per heavy atom. The number of carbonyl (C=O) groups excluding carboxylic acids is 2. The molecule has 2 amide bonds. The fraction of sp³-hybridized carbons (Fsp3) is 0.125. The standard InChI is InChI=1S/C16H10F6N2O2/c17-10-5-6-11(15(19)14(10)18)24-13(26)7-12(25)23-9-3-1-8(2-4-9)16(20,21)22/h1-6H,7H2,(H,23,25)(H,24,26). The highest BCUT2D eigenvalue weighted by Crippen LogP contribution is 2.29. The van der Waals surface area contributed by atoms with E-state index < -0.39 is 53.1 Å². The van der Waals surface area contributed by atoms with Crippen molar-refractivity contribution in [1.29, 1.82) is 0 Å². The number of anilines is 2. The summed E-state index contributed by atoms with van der Waals surface area (Å²) in [7, 11) is 0. The SMILES string of the molecule is O=C(CC(=O)Nc1ccc(F)c(F)c1F)Nc1ccc(C(F)(F)F)cc1. The fourth-order valence-corrected chi connectivity index (χ4v) is 1.91. The number of hydrogen-bond donors (Lipinski definition) is 2. The number of rotatable bonds is 4. The number of amides is 2. The van der Waals surface area contributed by atoms with Crippen LogP contribution in [0.15, 0.2) is 36.4 Å². The van der Waals surface area contributed by atoms with E-state index in [1.54, 1.807) is 0 Å². The summed E-state index contributed by atoms with van der Waals surface area (Å²) in [5.41, 5.74) is -1.56. The van der Waals surface area contributed by atoms with Crippen molar-refractivity contribution in [3.8, 4) is 0 Å². The molecule has 0 fully saturated rings. The van der Waals surface area contributed by atoms with Crippen molar-refractivity contribution in [2.24, 2.45) is 0 Å². The minimum atomic E-state index is -4.53. The Kier molecular flexibility index (Phi) is 5.53. The molecule has 0 bridgehead atoms. The van der Waals surface area contributed by atoms with E-state index in [4.69, 9.17) is 0 Å². The second-order valence-corrected chi connectivity index (χ2v) is 5.07. The topological polar surface area (TPSA) is 58.2 Å². The summed E-state index contributed by atoms with van der Waals surface area (Å²) in [6.45, 7) is 0. The van der Waals surface area contributed by atoms with Gasteiger partial charge in [0.2, 0.25) is 11.8 Å². The highest BCUT2D eigenvalue weighted by atomic mass is 19.4. The summed E-state index contributed by atoms with van der Waals surface area (Å²) < 4.78 is 76.5. The lowest BCUT2D eigenvalue weighted by molar-refractivity contribution is -0.137. The van der Waals surface area contributed by atoms with Crippen molar-refractivity contribution in [3.63, 3.8) is 0 Å². The lowest BCUT2D eigenvalue weighted by atomic mass is 10.2. The molecule has 138 valence electrons. The number of alkyl halides is 3. The number of nitrogens with one attached hydrogen (secondary N) is 2. The Hall–Kier alpha value is -3.04. The molecule has 26 heavy (non-hydrogen) atoms. The predicted molar refractivity (Wildman–Crippen MR) is 79.6 cm³/mol. The van der Waals surface area contributed by atoms with Crippen molar-refractivity contribution in [1.82, 2.24) is 0 Å². The molecule has 0 aromatic heterocycles. The van der Waals surface area contributed by atoms with Crippen LogP contribution < -0.4 is 10.6 Å². The monoisotopic (exact) mass is 376 g/mol. The Morgan fingerprint density at radius 2 is 1.38 bits per heavy atom. The van der Waals surface area contributed by atoms with E-state index in [9.17, 15) is 35.9 Å². The molecule has 0 saturated heterocycles. The molecule has 0 spiro atoms. The Labute approximate surface area is 142 Å². The third kappa shape index (κ3) is 4.74. The van der Waals surface area contributed by atoms with E-state index >= 15 is 0 Å². The molecule has 0 heterocycles. The molecule has 2 aromatic carbocycles. The predicted octanol–water partition coefficient (Wildman–Crippen LogP) is 4.09. The molecule has 0 aliphatic carbocycles. The van der Waals surface area contributed by atoms with Gasteiger partial charge in [-0.1, -0.05) is 0 Å². The minimum absolute atomic E-state index is 0.00908. The number of hydrogen-bond acceptors (Lipinski definition) is 2. The van der Waals surface area contributed by atoms with Crippen LogP contribution in [0.2, 0.25) is 0 Å². The van der Waals surface area contributed by atoms with Crippen molar-refractivity contribution < 1.29 is 35.9 Å². The maximum absolute atomic E-state index is 13.4. The highest BCUT2D eigenvalue weighted by molar-refractivity contribution is 6.08. The van der Waals surface area contributed by atoms with Crippen LogP contribution in [0.5, 0.6) is 0 Å². The first-order valence-corrected chi connectivity index (χ1v) is 6.98. The maximum atomic E-state index is 13.4. The maximum Gasteiger partial charge on any atom is 0.416 e. The number of benzene rings is 2. The number of carbonyl (C=O) groups is 2. The normalized spacial score (nSPS) is 11.2. The van der Waals surface area contributed by atoms with Gasteiger partial charge in [0, 0.05) is 5.69 Å². The highest BCUT2D eigenvalue weighted by Gasteiger charge is 2.30. The van der Waals surface area contributed by atoms with Crippen molar-refractivity contribution >= 4 is 23.2 Å². The van der Waals surface area contributed by atoms with Crippen LogP contribution >= 0.6 is 0 Å². The summed E-state index contributed by atoms with van der Waals surface area (Å²) in [6, 6.07) is 4.84. The van der Waals surface area contributed by atoms with E-state index in [1.807, 2.05) is 5.32 Å². The van der Waals surface area contributed by atoms with Gasteiger partial charge in [-0.15, -0.1) is 0 Å². The van der Waals surface area contributed by atoms with Gasteiger partial charge in [-0.25, -0.2) is 13.2 Å². The van der Waals surface area contributed by atoms with E-state index in [2.05, 4.69) is 5.32 Å². The van der Waals surface area contributed by atoms with E-state index in [-0.39, 0.29) is 5.69 Å². The van der Waals surface area contributed by atoms with Crippen LogP contribution in [0, 0.1) is 17.5 Å². The molecule has 2 N–H and O–H groups in total. The van der Waals surface area contributed by atoms with Gasteiger partial charge in [-0.05, 0) is 36.4 Å². The molecule has 2 aromatic rings. The van der Waals surface area contributed by atoms with Crippen LogP contribution in [-0.2, 0) is 15.8 Å². The van der Waals surface area contributed by atoms with Gasteiger partial charge in [-0.3, -0.25) is 9.59 Å². The average Bonchev–Trinajstić information content (AvgIpc) is 2.55. The Bertz CT molecular complexity index is 834. The Balaban J connectivity index is 1.95. The lowest BCUT2D eigenvalue weighted by Gasteiger charge is -2.09. The van der Waals surface area contributed by atoms with E-state index in [1.165, 1.54) is 0 Å². The van der Waals surface area contributed by atoms with Gasteiger partial charge >= 0.3 is 6.18 Å². The quantitative estimate of drug-likeness (QED) is 0.480. The largest absolute Gasteiger partial charge is 0.416 e. The molecule has 0 radical (unpaired) electrons.